The average Bonchev–Trinajstić information content (AvgIpc) is 3.27. The molecule has 0 bridgehead atoms. The van der Waals surface area contributed by atoms with Crippen LogP contribution < -0.4 is 10.2 Å². The number of anilines is 1. The van der Waals surface area contributed by atoms with Gasteiger partial charge in [0.1, 0.15) is 0 Å². The number of amidine groups is 1. The molecular formula is C20H25N3OS. The van der Waals surface area contributed by atoms with Gasteiger partial charge < -0.3 is 10.2 Å². The number of aliphatic imine (C=N–C) groups is 1. The number of nitrogens with zero attached hydrogens (tertiary/aromatic N) is 2. The second-order valence-electron chi connectivity index (χ2n) is 7.08. The largest absolute Gasteiger partial charge is 0.372 e. The van der Waals surface area contributed by atoms with Crippen molar-refractivity contribution in [1.82, 2.24) is 5.32 Å². The summed E-state index contributed by atoms with van der Waals surface area (Å²) in [4.78, 5) is 20.1. The number of amides is 1. The fourth-order valence-electron chi connectivity index (χ4n) is 3.77. The molecule has 1 aliphatic carbocycles. The van der Waals surface area contributed by atoms with Crippen molar-refractivity contribution >= 4 is 34.6 Å². The smallest absolute Gasteiger partial charge is 0.264 e. The number of rotatable bonds is 3. The maximum Gasteiger partial charge on any atom is 0.264 e. The molecule has 25 heavy (non-hydrogen) atoms. The minimum Gasteiger partial charge on any atom is -0.372 e. The standard InChI is InChI=1S/C20H25N3OS/c24-19-18(25-20(22-19)21-16-6-2-3-7-16)14-15-8-10-17(11-9-15)23-12-4-1-5-13-23/h8-11,14,16H,1-7,12-13H2,(H,21,22,24)/b18-14-. The van der Waals surface area contributed by atoms with E-state index in [9.17, 15) is 4.79 Å². The van der Waals surface area contributed by atoms with E-state index in [1.54, 1.807) is 0 Å². The molecule has 132 valence electrons. The highest BCUT2D eigenvalue weighted by molar-refractivity contribution is 8.18. The normalized spacial score (nSPS) is 25.1. The molecule has 1 N–H and O–H groups in total. The fraction of sp³-hybridized carbons (Fsp3) is 0.500. The van der Waals surface area contributed by atoms with Crippen LogP contribution in [0.5, 0.6) is 0 Å². The molecule has 0 unspecified atom stereocenters. The van der Waals surface area contributed by atoms with Crippen molar-refractivity contribution in [2.45, 2.75) is 51.0 Å². The quantitative estimate of drug-likeness (QED) is 0.827. The van der Waals surface area contributed by atoms with E-state index < -0.39 is 0 Å². The number of carbonyl (C=O) groups excluding carboxylic acids is 1. The van der Waals surface area contributed by atoms with Gasteiger partial charge in [-0.3, -0.25) is 9.79 Å². The van der Waals surface area contributed by atoms with Crippen molar-refractivity contribution in [3.63, 3.8) is 0 Å². The summed E-state index contributed by atoms with van der Waals surface area (Å²) in [5.74, 6) is -0.0261. The van der Waals surface area contributed by atoms with E-state index in [1.807, 2.05) is 6.08 Å². The number of hydrogen-bond acceptors (Lipinski definition) is 4. The zero-order chi connectivity index (χ0) is 17.1. The van der Waals surface area contributed by atoms with Crippen LogP contribution in [0.15, 0.2) is 34.2 Å². The first-order valence-electron chi connectivity index (χ1n) is 9.42. The Balaban J connectivity index is 1.44. The first-order valence-corrected chi connectivity index (χ1v) is 10.2. The van der Waals surface area contributed by atoms with Crippen LogP contribution in [0.25, 0.3) is 6.08 Å². The lowest BCUT2D eigenvalue weighted by Gasteiger charge is -2.28. The van der Waals surface area contributed by atoms with E-state index in [-0.39, 0.29) is 5.91 Å². The lowest BCUT2D eigenvalue weighted by atomic mass is 10.1. The van der Waals surface area contributed by atoms with Crippen molar-refractivity contribution in [3.05, 3.63) is 34.7 Å². The van der Waals surface area contributed by atoms with Crippen LogP contribution in [0.1, 0.15) is 50.5 Å². The van der Waals surface area contributed by atoms with Crippen LogP contribution >= 0.6 is 11.8 Å². The molecule has 3 fully saturated rings. The topological polar surface area (TPSA) is 44.7 Å². The summed E-state index contributed by atoms with van der Waals surface area (Å²) in [6, 6.07) is 8.95. The molecule has 1 aromatic carbocycles. The molecular weight excluding hydrogens is 330 g/mol. The molecule has 4 rings (SSSR count). The highest BCUT2D eigenvalue weighted by Gasteiger charge is 2.25. The molecule has 2 aliphatic heterocycles. The molecule has 5 heteroatoms. The molecule has 2 heterocycles. The van der Waals surface area contributed by atoms with E-state index in [0.717, 1.165) is 41.6 Å². The van der Waals surface area contributed by atoms with Crippen molar-refractivity contribution in [2.75, 3.05) is 18.0 Å². The van der Waals surface area contributed by atoms with Gasteiger partial charge in [0.2, 0.25) is 0 Å². The monoisotopic (exact) mass is 355 g/mol. The highest BCUT2D eigenvalue weighted by atomic mass is 32.2. The molecule has 0 atom stereocenters. The highest BCUT2D eigenvalue weighted by Crippen LogP contribution is 2.29. The average molecular weight is 356 g/mol. The molecule has 3 aliphatic rings. The fourth-order valence-corrected chi connectivity index (χ4v) is 4.66. The van der Waals surface area contributed by atoms with E-state index in [0.29, 0.717) is 6.04 Å². The van der Waals surface area contributed by atoms with E-state index in [1.165, 1.54) is 49.6 Å². The number of carbonyl (C=O) groups is 1. The first-order chi connectivity index (χ1) is 12.3. The van der Waals surface area contributed by atoms with Crippen LogP contribution in [0, 0.1) is 0 Å². The Morgan fingerprint density at radius 1 is 1.04 bits per heavy atom. The zero-order valence-corrected chi connectivity index (χ0v) is 15.4. The summed E-state index contributed by atoms with van der Waals surface area (Å²) >= 11 is 1.47. The van der Waals surface area contributed by atoms with Gasteiger partial charge in [0.25, 0.3) is 5.91 Å². The van der Waals surface area contributed by atoms with E-state index >= 15 is 0 Å². The minimum atomic E-state index is -0.0261. The van der Waals surface area contributed by atoms with E-state index in [2.05, 4.69) is 34.5 Å². The number of nitrogens with one attached hydrogen (secondary N) is 1. The molecule has 1 aromatic rings. The van der Waals surface area contributed by atoms with Gasteiger partial charge >= 0.3 is 0 Å². The van der Waals surface area contributed by atoms with Gasteiger partial charge in [-0.25, -0.2) is 0 Å². The zero-order valence-electron chi connectivity index (χ0n) is 14.5. The predicted molar refractivity (Wildman–Crippen MR) is 106 cm³/mol. The second kappa shape index (κ2) is 7.65. The summed E-state index contributed by atoms with van der Waals surface area (Å²) in [6.07, 6.45) is 10.7. The molecule has 2 saturated heterocycles. The van der Waals surface area contributed by atoms with Crippen molar-refractivity contribution in [2.24, 2.45) is 4.99 Å². The van der Waals surface area contributed by atoms with Gasteiger partial charge in [0, 0.05) is 18.8 Å². The summed E-state index contributed by atoms with van der Waals surface area (Å²) in [5.41, 5.74) is 2.36. The Bertz CT molecular complexity index is 683. The van der Waals surface area contributed by atoms with Crippen molar-refractivity contribution in [1.29, 1.82) is 0 Å². The predicted octanol–water partition coefficient (Wildman–Crippen LogP) is 4.18. The lowest BCUT2D eigenvalue weighted by molar-refractivity contribution is -0.115. The first kappa shape index (κ1) is 16.7. The van der Waals surface area contributed by atoms with Crippen LogP contribution in [-0.4, -0.2) is 30.2 Å². The van der Waals surface area contributed by atoms with Crippen LogP contribution in [-0.2, 0) is 4.79 Å². The molecule has 0 aromatic heterocycles. The van der Waals surface area contributed by atoms with Gasteiger partial charge in [-0.05, 0) is 67.6 Å². The van der Waals surface area contributed by atoms with Gasteiger partial charge in [-0.1, -0.05) is 25.0 Å². The Kier molecular flexibility index (Phi) is 5.11. The summed E-state index contributed by atoms with van der Waals surface area (Å²) in [5, 5.41) is 3.68. The molecule has 1 saturated carbocycles. The maximum absolute atomic E-state index is 12.2. The van der Waals surface area contributed by atoms with Crippen molar-refractivity contribution < 1.29 is 4.79 Å². The Morgan fingerprint density at radius 3 is 2.48 bits per heavy atom. The molecule has 0 radical (unpaired) electrons. The number of thioether (sulfide) groups is 1. The SMILES string of the molecule is O=C1NC(=NC2CCCC2)S/C1=C\c1ccc(N2CCCCC2)cc1. The van der Waals surface area contributed by atoms with E-state index in [4.69, 9.17) is 4.99 Å². The van der Waals surface area contributed by atoms with Gasteiger partial charge in [0.05, 0.1) is 10.9 Å². The Morgan fingerprint density at radius 2 is 1.76 bits per heavy atom. The van der Waals surface area contributed by atoms with Gasteiger partial charge in [-0.2, -0.15) is 0 Å². The van der Waals surface area contributed by atoms with Gasteiger partial charge in [0.15, 0.2) is 5.17 Å². The van der Waals surface area contributed by atoms with Crippen molar-refractivity contribution in [3.8, 4) is 0 Å². The number of piperidine rings is 1. The third-order valence-electron chi connectivity index (χ3n) is 5.19. The molecule has 4 nitrogen and oxygen atoms in total. The molecule has 0 spiro atoms. The third kappa shape index (κ3) is 4.09. The lowest BCUT2D eigenvalue weighted by Crippen LogP contribution is -2.29. The van der Waals surface area contributed by atoms with Crippen LogP contribution in [0.2, 0.25) is 0 Å². The third-order valence-corrected chi connectivity index (χ3v) is 6.11. The Labute approximate surface area is 153 Å². The van der Waals surface area contributed by atoms with Crippen LogP contribution in [0.3, 0.4) is 0 Å². The summed E-state index contributed by atoms with van der Waals surface area (Å²) in [6.45, 7) is 2.30. The molecule has 1 amide bonds. The second-order valence-corrected chi connectivity index (χ2v) is 8.11. The number of benzene rings is 1. The minimum absolute atomic E-state index is 0.0261. The maximum atomic E-state index is 12.2. The summed E-state index contributed by atoms with van der Waals surface area (Å²) in [7, 11) is 0. The Hall–Kier alpha value is -1.75. The van der Waals surface area contributed by atoms with Gasteiger partial charge in [-0.15, -0.1) is 0 Å². The number of hydrogen-bond donors (Lipinski definition) is 1. The van der Waals surface area contributed by atoms with Crippen LogP contribution in [0.4, 0.5) is 5.69 Å². The summed E-state index contributed by atoms with van der Waals surface area (Å²) < 4.78 is 0.